The molecule has 3 aromatic rings. The molecular weight excluding hydrogens is 618 g/mol. The van der Waals surface area contributed by atoms with Crippen LogP contribution in [0.5, 0.6) is 0 Å². The molecule has 0 saturated carbocycles. The molecule has 0 heterocycles. The first kappa shape index (κ1) is 37.2. The summed E-state index contributed by atoms with van der Waals surface area (Å²) in [5, 5.41) is 19.8. The Morgan fingerprint density at radius 2 is 1.43 bits per heavy atom. The van der Waals surface area contributed by atoms with Crippen LogP contribution < -0.4 is 21.7 Å². The second-order valence-corrected chi connectivity index (χ2v) is 15.0. The second kappa shape index (κ2) is 16.5. The monoisotopic (exact) mass is 665 g/mol. The third-order valence-corrected chi connectivity index (χ3v) is 9.29. The Labute approximate surface area is 278 Å². The Hall–Kier alpha value is -4.26. The number of aliphatic hydroxyl groups is 1. The van der Waals surface area contributed by atoms with Gasteiger partial charge in [0.2, 0.25) is 21.8 Å². The summed E-state index contributed by atoms with van der Waals surface area (Å²) in [4.78, 5) is 39.2. The number of aliphatic hydroxyl groups excluding tert-OH is 1. The van der Waals surface area contributed by atoms with Crippen molar-refractivity contribution in [3.05, 3.63) is 96.1 Å². The van der Waals surface area contributed by atoms with Gasteiger partial charge in [-0.05, 0) is 59.7 Å². The fourth-order valence-corrected chi connectivity index (χ4v) is 6.58. The van der Waals surface area contributed by atoms with E-state index in [1.54, 1.807) is 51.1 Å². The van der Waals surface area contributed by atoms with Gasteiger partial charge in [-0.15, -0.1) is 0 Å². The number of sulfonamides is 1. The van der Waals surface area contributed by atoms with Crippen molar-refractivity contribution in [1.82, 2.24) is 20.3 Å². The Kier molecular flexibility index (Phi) is 13.1. The number of rotatable bonds is 15. The number of amides is 3. The fourth-order valence-electron chi connectivity index (χ4n) is 4.96. The molecule has 0 aliphatic heterocycles. The molecular formula is C35H47N5O6S. The van der Waals surface area contributed by atoms with Crippen molar-refractivity contribution >= 4 is 33.4 Å². The summed E-state index contributed by atoms with van der Waals surface area (Å²) >= 11 is 0. The van der Waals surface area contributed by atoms with Gasteiger partial charge in [-0.1, -0.05) is 83.1 Å². The highest BCUT2D eigenvalue weighted by Crippen LogP contribution is 2.22. The minimum Gasteiger partial charge on any atom is -0.399 e. The van der Waals surface area contributed by atoms with Crippen molar-refractivity contribution < 1.29 is 27.9 Å². The Balaban J connectivity index is 1.82. The van der Waals surface area contributed by atoms with Crippen molar-refractivity contribution in [3.63, 3.8) is 0 Å². The number of hydrogen-bond donors (Lipinski definition) is 5. The molecule has 3 amide bonds. The Morgan fingerprint density at radius 1 is 0.851 bits per heavy atom. The average molecular weight is 666 g/mol. The summed E-state index contributed by atoms with van der Waals surface area (Å²) in [5.41, 5.74) is 6.65. The van der Waals surface area contributed by atoms with Crippen LogP contribution in [0.2, 0.25) is 0 Å². The summed E-state index contributed by atoms with van der Waals surface area (Å²) in [6.07, 6.45) is -1.12. The molecule has 0 bridgehead atoms. The number of carbonyl (C=O) groups excluding carboxylic acids is 3. The largest absolute Gasteiger partial charge is 0.399 e. The van der Waals surface area contributed by atoms with Crippen LogP contribution in [0.15, 0.2) is 89.8 Å². The SMILES string of the molecule is CC(C)CN(CC(O)C(Cc1ccccc1)NC(=O)C(NC(=O)CNC(=O)c1ccccc1)C(C)(C)C)S(=O)(=O)c1ccc(N)cc1. The number of nitrogen functional groups attached to an aromatic ring is 1. The van der Waals surface area contributed by atoms with Gasteiger partial charge < -0.3 is 26.8 Å². The fraction of sp³-hybridized carbons (Fsp3) is 0.400. The topological polar surface area (TPSA) is 171 Å². The average Bonchev–Trinajstić information content (AvgIpc) is 3.02. The first-order chi connectivity index (χ1) is 22.1. The van der Waals surface area contributed by atoms with E-state index in [-0.39, 0.29) is 36.9 Å². The van der Waals surface area contributed by atoms with E-state index in [1.807, 2.05) is 44.2 Å². The molecule has 3 atom stereocenters. The van der Waals surface area contributed by atoms with E-state index < -0.39 is 51.3 Å². The third kappa shape index (κ3) is 11.2. The van der Waals surface area contributed by atoms with Gasteiger partial charge in [-0.25, -0.2) is 8.42 Å². The first-order valence-corrected chi connectivity index (χ1v) is 17.0. The van der Waals surface area contributed by atoms with Crippen molar-refractivity contribution in [2.24, 2.45) is 11.3 Å². The summed E-state index contributed by atoms with van der Waals surface area (Å²) in [7, 11) is -4.02. The summed E-state index contributed by atoms with van der Waals surface area (Å²) in [5.74, 6) is -1.61. The summed E-state index contributed by atoms with van der Waals surface area (Å²) in [6.45, 7) is 8.59. The lowest BCUT2D eigenvalue weighted by atomic mass is 9.85. The summed E-state index contributed by atoms with van der Waals surface area (Å²) in [6, 6.07) is 21.6. The van der Waals surface area contributed by atoms with Gasteiger partial charge in [0.05, 0.1) is 23.6 Å². The highest BCUT2D eigenvalue weighted by Gasteiger charge is 2.36. The predicted octanol–water partition coefficient (Wildman–Crippen LogP) is 2.96. The Bertz CT molecular complexity index is 1580. The zero-order valence-corrected chi connectivity index (χ0v) is 28.5. The quantitative estimate of drug-likeness (QED) is 0.155. The minimum atomic E-state index is -4.02. The normalized spacial score (nSPS) is 13.9. The van der Waals surface area contributed by atoms with Crippen LogP contribution >= 0.6 is 0 Å². The van der Waals surface area contributed by atoms with Gasteiger partial charge >= 0.3 is 0 Å². The van der Waals surface area contributed by atoms with Gasteiger partial charge in [0.25, 0.3) is 5.91 Å². The predicted molar refractivity (Wildman–Crippen MR) is 183 cm³/mol. The van der Waals surface area contributed by atoms with E-state index in [0.717, 1.165) is 5.56 Å². The smallest absolute Gasteiger partial charge is 0.251 e. The highest BCUT2D eigenvalue weighted by molar-refractivity contribution is 7.89. The van der Waals surface area contributed by atoms with Crippen LogP contribution in [-0.2, 0) is 26.0 Å². The van der Waals surface area contributed by atoms with E-state index in [1.165, 1.54) is 28.6 Å². The van der Waals surface area contributed by atoms with Gasteiger partial charge in [0.1, 0.15) is 6.04 Å². The second-order valence-electron chi connectivity index (χ2n) is 13.1. The van der Waals surface area contributed by atoms with Gasteiger partial charge in [-0.2, -0.15) is 4.31 Å². The van der Waals surface area contributed by atoms with Crippen LogP contribution in [0.1, 0.15) is 50.5 Å². The van der Waals surface area contributed by atoms with Crippen LogP contribution in [0.25, 0.3) is 0 Å². The van der Waals surface area contributed by atoms with Gasteiger partial charge in [-0.3, -0.25) is 14.4 Å². The zero-order valence-electron chi connectivity index (χ0n) is 27.6. The maximum absolute atomic E-state index is 13.8. The van der Waals surface area contributed by atoms with Crippen LogP contribution in [0.4, 0.5) is 5.69 Å². The zero-order chi connectivity index (χ0) is 34.8. The molecule has 254 valence electrons. The maximum atomic E-state index is 13.8. The lowest BCUT2D eigenvalue weighted by Crippen LogP contribution is -2.59. The number of hydrogen-bond acceptors (Lipinski definition) is 7. The van der Waals surface area contributed by atoms with E-state index in [4.69, 9.17) is 5.73 Å². The molecule has 11 nitrogen and oxygen atoms in total. The standard InChI is InChI=1S/C35H47N5O6S/c1-24(2)22-40(47(45,46)28-18-16-27(36)17-19-28)23-30(41)29(20-25-12-8-6-9-13-25)38-34(44)32(35(3,4)5)39-31(42)21-37-33(43)26-14-10-7-11-15-26/h6-19,24,29-30,32,41H,20-23,36H2,1-5H3,(H,37,43)(H,38,44)(H,39,42). The molecule has 3 aromatic carbocycles. The molecule has 0 aliphatic rings. The number of nitrogens with zero attached hydrogens (tertiary/aromatic N) is 1. The summed E-state index contributed by atoms with van der Waals surface area (Å²) < 4.78 is 28.6. The van der Waals surface area contributed by atoms with E-state index >= 15 is 0 Å². The molecule has 47 heavy (non-hydrogen) atoms. The first-order valence-electron chi connectivity index (χ1n) is 15.6. The Morgan fingerprint density at radius 3 is 1.98 bits per heavy atom. The van der Waals surface area contributed by atoms with E-state index in [0.29, 0.717) is 11.3 Å². The molecule has 0 radical (unpaired) electrons. The molecule has 12 heteroatoms. The van der Waals surface area contributed by atoms with Crippen LogP contribution in [0.3, 0.4) is 0 Å². The van der Waals surface area contributed by atoms with Crippen molar-refractivity contribution in [3.8, 4) is 0 Å². The molecule has 0 aliphatic carbocycles. The number of nitrogens with two attached hydrogens (primary N) is 1. The van der Waals surface area contributed by atoms with Gasteiger partial charge in [0, 0.05) is 24.3 Å². The molecule has 0 aromatic heterocycles. The number of anilines is 1. The number of nitrogens with one attached hydrogen (secondary N) is 3. The van der Waals surface area contributed by atoms with E-state index in [2.05, 4.69) is 16.0 Å². The molecule has 0 spiro atoms. The number of benzene rings is 3. The number of carbonyl (C=O) groups is 3. The molecule has 0 saturated heterocycles. The van der Waals surface area contributed by atoms with Crippen molar-refractivity contribution in [1.29, 1.82) is 0 Å². The van der Waals surface area contributed by atoms with Crippen molar-refractivity contribution in [2.45, 2.75) is 64.1 Å². The molecule has 3 unspecified atom stereocenters. The minimum absolute atomic E-state index is 0.0399. The van der Waals surface area contributed by atoms with E-state index in [9.17, 15) is 27.9 Å². The molecule has 0 fully saturated rings. The van der Waals surface area contributed by atoms with Gasteiger partial charge in [0.15, 0.2) is 0 Å². The third-order valence-electron chi connectivity index (χ3n) is 7.45. The highest BCUT2D eigenvalue weighted by atomic mass is 32.2. The maximum Gasteiger partial charge on any atom is 0.251 e. The lowest BCUT2D eigenvalue weighted by molar-refractivity contribution is -0.132. The lowest BCUT2D eigenvalue weighted by Gasteiger charge is -2.34. The van der Waals surface area contributed by atoms with Crippen molar-refractivity contribution in [2.75, 3.05) is 25.4 Å². The molecule has 6 N–H and O–H groups in total. The molecule has 3 rings (SSSR count). The van der Waals surface area contributed by atoms with Crippen LogP contribution in [-0.4, -0.2) is 73.4 Å². The van der Waals surface area contributed by atoms with Crippen LogP contribution in [0, 0.1) is 11.3 Å².